The van der Waals surface area contributed by atoms with Gasteiger partial charge in [-0.3, -0.25) is 14.4 Å². The van der Waals surface area contributed by atoms with Gasteiger partial charge in [0.1, 0.15) is 5.60 Å². The van der Waals surface area contributed by atoms with Crippen LogP contribution in [-0.2, 0) is 25.5 Å². The number of hydrogen-bond acceptors (Lipinski definition) is 7. The number of nitrogens with two attached hydrogens (primary N) is 1. The first-order chi connectivity index (χ1) is 13.8. The normalized spacial score (nSPS) is 29.0. The van der Waals surface area contributed by atoms with Crippen LogP contribution in [0.2, 0.25) is 0 Å². The number of amides is 2. The molecule has 2 saturated heterocycles. The number of likely N-dealkylation sites (tertiary alicyclic amines) is 1. The van der Waals surface area contributed by atoms with Gasteiger partial charge in [0.25, 0.3) is 6.47 Å². The van der Waals surface area contributed by atoms with E-state index in [4.69, 9.17) is 20.4 Å². The molecule has 10 heteroatoms. The van der Waals surface area contributed by atoms with Gasteiger partial charge in [-0.1, -0.05) is 12.2 Å². The molecule has 4 rings (SSSR count). The van der Waals surface area contributed by atoms with Crippen molar-refractivity contribution in [2.24, 2.45) is 11.8 Å². The zero-order chi connectivity index (χ0) is 21.2. The summed E-state index contributed by atoms with van der Waals surface area (Å²) in [5.41, 5.74) is 5.95. The van der Waals surface area contributed by atoms with E-state index in [1.165, 1.54) is 11.3 Å². The summed E-state index contributed by atoms with van der Waals surface area (Å²) in [6.45, 7) is 4.82. The third-order valence-corrected chi connectivity index (χ3v) is 6.26. The van der Waals surface area contributed by atoms with Crippen LogP contribution in [0.5, 0.6) is 0 Å². The molecule has 29 heavy (non-hydrogen) atoms. The van der Waals surface area contributed by atoms with Crippen molar-refractivity contribution < 1.29 is 24.2 Å². The number of nitrogens with zero attached hydrogens (tertiary/aromatic N) is 2. The van der Waals surface area contributed by atoms with Gasteiger partial charge < -0.3 is 25.8 Å². The number of carboxylic acid groups (broad SMARTS) is 1. The number of rotatable bonds is 6. The maximum Gasteiger partial charge on any atom is 0.290 e. The second-order valence-electron chi connectivity index (χ2n) is 7.64. The van der Waals surface area contributed by atoms with E-state index in [0.717, 1.165) is 18.5 Å². The Labute approximate surface area is 172 Å². The fourth-order valence-corrected chi connectivity index (χ4v) is 4.90. The highest BCUT2D eigenvalue weighted by Crippen LogP contribution is 2.52. The molecule has 3 aliphatic heterocycles. The van der Waals surface area contributed by atoms with Crippen LogP contribution in [0.1, 0.15) is 26.0 Å². The average molecular weight is 423 g/mol. The largest absolute Gasteiger partial charge is 0.483 e. The molecule has 4 N–H and O–H groups in total. The summed E-state index contributed by atoms with van der Waals surface area (Å²) < 4.78 is 6.09. The molecule has 2 amide bonds. The Kier molecular flexibility index (Phi) is 6.23. The lowest BCUT2D eigenvalue weighted by Crippen LogP contribution is -2.44. The first-order valence-electron chi connectivity index (χ1n) is 9.56. The molecule has 2 fully saturated rings. The minimum Gasteiger partial charge on any atom is -0.483 e. The van der Waals surface area contributed by atoms with E-state index in [1.54, 1.807) is 0 Å². The van der Waals surface area contributed by atoms with Crippen molar-refractivity contribution >= 4 is 34.8 Å². The molecule has 0 saturated carbocycles. The molecule has 1 aromatic rings. The second kappa shape index (κ2) is 8.50. The molecule has 1 spiro atoms. The van der Waals surface area contributed by atoms with Gasteiger partial charge in [-0.25, -0.2) is 4.98 Å². The fraction of sp³-hybridized carbons (Fsp3) is 0.579. The van der Waals surface area contributed by atoms with Gasteiger partial charge in [0.2, 0.25) is 11.8 Å². The van der Waals surface area contributed by atoms with Crippen LogP contribution in [0.25, 0.3) is 0 Å². The number of hydrogen-bond donors (Lipinski definition) is 3. The van der Waals surface area contributed by atoms with E-state index in [9.17, 15) is 9.59 Å². The van der Waals surface area contributed by atoms with E-state index < -0.39 is 17.4 Å². The molecule has 9 nitrogen and oxygen atoms in total. The van der Waals surface area contributed by atoms with Gasteiger partial charge in [0.05, 0.1) is 30.2 Å². The first-order valence-corrected chi connectivity index (χ1v) is 10.4. The Balaban J connectivity index is 0.000000755. The van der Waals surface area contributed by atoms with Crippen LogP contribution in [-0.4, -0.2) is 64.1 Å². The number of anilines is 1. The Morgan fingerprint density at radius 1 is 1.59 bits per heavy atom. The predicted molar refractivity (Wildman–Crippen MR) is 107 cm³/mol. The van der Waals surface area contributed by atoms with Crippen LogP contribution in [0.4, 0.5) is 5.13 Å². The van der Waals surface area contributed by atoms with Crippen molar-refractivity contribution in [1.82, 2.24) is 15.2 Å². The molecule has 3 aliphatic rings. The van der Waals surface area contributed by atoms with Gasteiger partial charge in [0, 0.05) is 18.0 Å². The molecular formula is C19H26N4O5S. The molecule has 4 heterocycles. The number of nitrogens with one attached hydrogen (secondary N) is 1. The highest BCUT2D eigenvalue weighted by Gasteiger charge is 2.66. The lowest BCUT2D eigenvalue weighted by molar-refractivity contribution is -0.138. The number of nitrogen functional groups attached to an aromatic ring is 1. The van der Waals surface area contributed by atoms with Gasteiger partial charge in [-0.2, -0.15) is 0 Å². The maximum absolute atomic E-state index is 12.9. The number of carbonyl (C=O) groups is 3. The smallest absolute Gasteiger partial charge is 0.290 e. The number of ether oxygens (including phenoxy) is 1. The van der Waals surface area contributed by atoms with E-state index in [-0.39, 0.29) is 30.4 Å². The third-order valence-electron chi connectivity index (χ3n) is 5.53. The second-order valence-corrected chi connectivity index (χ2v) is 8.53. The number of aromatic nitrogens is 1. The molecule has 2 bridgehead atoms. The third kappa shape index (κ3) is 3.99. The zero-order valence-corrected chi connectivity index (χ0v) is 17.2. The summed E-state index contributed by atoms with van der Waals surface area (Å²) in [6.07, 6.45) is 5.18. The van der Waals surface area contributed by atoms with E-state index in [1.807, 2.05) is 36.3 Å². The molecule has 4 atom stereocenters. The van der Waals surface area contributed by atoms with Gasteiger partial charge in [-0.15, -0.1) is 11.3 Å². The molecule has 158 valence electrons. The van der Waals surface area contributed by atoms with Crippen molar-refractivity contribution in [3.05, 3.63) is 23.2 Å². The summed E-state index contributed by atoms with van der Waals surface area (Å²) in [4.78, 5) is 40.0. The Hall–Kier alpha value is -2.46. The monoisotopic (exact) mass is 422 g/mol. The van der Waals surface area contributed by atoms with E-state index in [2.05, 4.69) is 10.3 Å². The van der Waals surface area contributed by atoms with Gasteiger partial charge in [-0.05, 0) is 26.7 Å². The lowest BCUT2D eigenvalue weighted by Gasteiger charge is -2.24. The van der Waals surface area contributed by atoms with E-state index in [0.29, 0.717) is 18.2 Å². The van der Waals surface area contributed by atoms with Gasteiger partial charge in [0.15, 0.2) is 5.13 Å². The van der Waals surface area contributed by atoms with Gasteiger partial charge >= 0.3 is 0 Å². The van der Waals surface area contributed by atoms with Crippen molar-refractivity contribution in [3.63, 3.8) is 0 Å². The van der Waals surface area contributed by atoms with Crippen LogP contribution in [0, 0.1) is 11.8 Å². The number of carbonyl (C=O) groups excluding carboxylic acids is 2. The highest BCUT2D eigenvalue weighted by molar-refractivity contribution is 7.13. The SMILES string of the molecule is CC(C)N1C[C@]23C=C[C@H](O2)[C@H](C(=O)NCCCc2csc(N)n2)[C@@H]3C1=O.O=CO. The molecule has 0 radical (unpaired) electrons. The maximum atomic E-state index is 12.9. The standard InChI is InChI=1S/C18H24N4O3S.CH2O2/c1-10(2)22-9-18-6-5-12(25-18)13(14(18)16(22)24)15(23)20-7-3-4-11-8-26-17(19)21-11;2-1-3/h5-6,8,10,12-14H,3-4,7,9H2,1-2H3,(H2,19,21)(H,20,23);1H,(H,2,3)/t12-,13-,14+,18-;/m0./s1. The first kappa shape index (κ1) is 21.3. The quantitative estimate of drug-likeness (QED) is 0.348. The van der Waals surface area contributed by atoms with E-state index >= 15 is 0 Å². The summed E-state index contributed by atoms with van der Waals surface area (Å²) in [6, 6.07) is 0.104. The number of aryl methyl sites for hydroxylation is 1. The molecule has 0 aliphatic carbocycles. The summed E-state index contributed by atoms with van der Waals surface area (Å²) in [5, 5.41) is 12.4. The number of thiazole rings is 1. The highest BCUT2D eigenvalue weighted by atomic mass is 32.1. The molecule has 1 aromatic heterocycles. The van der Waals surface area contributed by atoms with Crippen molar-refractivity contribution in [1.29, 1.82) is 0 Å². The molecule has 0 unspecified atom stereocenters. The Morgan fingerprint density at radius 2 is 2.31 bits per heavy atom. The molecular weight excluding hydrogens is 396 g/mol. The van der Waals surface area contributed by atoms with Crippen LogP contribution >= 0.6 is 11.3 Å². The zero-order valence-electron chi connectivity index (χ0n) is 16.4. The topological polar surface area (TPSA) is 135 Å². The van der Waals surface area contributed by atoms with Crippen LogP contribution < -0.4 is 11.1 Å². The Bertz CT molecular complexity index is 810. The summed E-state index contributed by atoms with van der Waals surface area (Å²) >= 11 is 1.42. The minimum absolute atomic E-state index is 0.0324. The predicted octanol–water partition coefficient (Wildman–Crippen LogP) is 0.665. The molecule has 0 aromatic carbocycles. The fourth-order valence-electron chi connectivity index (χ4n) is 4.30. The Morgan fingerprint density at radius 3 is 2.93 bits per heavy atom. The van der Waals surface area contributed by atoms with Crippen molar-refractivity contribution in [2.75, 3.05) is 18.8 Å². The van der Waals surface area contributed by atoms with Crippen molar-refractivity contribution in [2.45, 2.75) is 44.4 Å². The van der Waals surface area contributed by atoms with Crippen LogP contribution in [0.15, 0.2) is 17.5 Å². The van der Waals surface area contributed by atoms with Crippen LogP contribution in [0.3, 0.4) is 0 Å². The summed E-state index contributed by atoms with van der Waals surface area (Å²) in [5.74, 6) is -0.905. The summed E-state index contributed by atoms with van der Waals surface area (Å²) in [7, 11) is 0. The lowest BCUT2D eigenvalue weighted by atomic mass is 9.77. The van der Waals surface area contributed by atoms with Crippen molar-refractivity contribution in [3.8, 4) is 0 Å². The minimum atomic E-state index is -0.619. The average Bonchev–Trinajstić information content (AvgIpc) is 3.40. The number of fused-ring (bicyclic) bond motifs is 1.